The van der Waals surface area contributed by atoms with Crippen molar-refractivity contribution >= 4 is 34.1 Å². The number of anilines is 1. The number of fused-ring (bicyclic) bond motifs is 1. The number of hydrogen-bond donors (Lipinski definition) is 1. The number of nitrogens with zero attached hydrogens (tertiary/aromatic N) is 1. The van der Waals surface area contributed by atoms with Crippen molar-refractivity contribution in [2.24, 2.45) is 0 Å². The van der Waals surface area contributed by atoms with Crippen molar-refractivity contribution in [3.05, 3.63) is 59.2 Å². The van der Waals surface area contributed by atoms with Crippen LogP contribution < -0.4 is 4.72 Å². The van der Waals surface area contributed by atoms with Crippen LogP contribution in [0.2, 0.25) is 0 Å². The molecule has 0 saturated heterocycles. The molecule has 0 spiro atoms. The molecule has 6 nitrogen and oxygen atoms in total. The van der Waals surface area contributed by atoms with Gasteiger partial charge in [0.05, 0.1) is 10.9 Å². The van der Waals surface area contributed by atoms with Gasteiger partial charge >= 0.3 is 0 Å². The average Bonchev–Trinajstić information content (AvgIpc) is 3.03. The van der Waals surface area contributed by atoms with Crippen LogP contribution in [-0.4, -0.2) is 32.6 Å². The predicted molar refractivity (Wildman–Crippen MR) is 114 cm³/mol. The Hall–Kier alpha value is -2.80. The van der Waals surface area contributed by atoms with Crippen LogP contribution in [0.1, 0.15) is 53.6 Å². The highest BCUT2D eigenvalue weighted by Crippen LogP contribution is 2.30. The van der Waals surface area contributed by atoms with Crippen LogP contribution >= 0.6 is 0 Å². The summed E-state index contributed by atoms with van der Waals surface area (Å²) < 4.78 is 15.7. The van der Waals surface area contributed by atoms with Crippen molar-refractivity contribution < 1.29 is 18.6 Å². The van der Waals surface area contributed by atoms with E-state index < -0.39 is 17.0 Å². The minimum Gasteiger partial charge on any atom is -0.324 e. The van der Waals surface area contributed by atoms with Gasteiger partial charge < -0.3 is 9.62 Å². The van der Waals surface area contributed by atoms with Gasteiger partial charge in [-0.1, -0.05) is 24.3 Å². The van der Waals surface area contributed by atoms with E-state index in [9.17, 15) is 18.6 Å². The Morgan fingerprint density at radius 2 is 1.83 bits per heavy atom. The maximum Gasteiger partial charge on any atom is 0.255 e. The summed E-state index contributed by atoms with van der Waals surface area (Å²) in [5, 5.41) is 0. The van der Waals surface area contributed by atoms with Crippen LogP contribution in [0.4, 0.5) is 5.69 Å². The van der Waals surface area contributed by atoms with Crippen LogP contribution in [0.3, 0.4) is 0 Å². The molecule has 1 amide bonds. The number of hydrogen-bond acceptors (Lipinski definition) is 4. The Morgan fingerprint density at radius 3 is 2.63 bits per heavy atom. The standard InChI is InChI=1S/C23H24N2O4S/c1-15-5-2-3-8-22(15)30(29)24-17-10-9-16-14-25(23(28)19(16)13-17)20-12-11-18(26)6-4-7-21(20)27/h2-3,5,8-10,13,20,24H,4,6-7,11-12,14H2,1H3. The molecule has 0 aromatic heterocycles. The quantitative estimate of drug-likeness (QED) is 0.814. The van der Waals surface area contributed by atoms with Crippen molar-refractivity contribution in [3.8, 4) is 0 Å². The summed E-state index contributed by atoms with van der Waals surface area (Å²) in [6.07, 6.45) is 2.05. The van der Waals surface area contributed by atoms with E-state index in [1.807, 2.05) is 31.2 Å². The molecule has 2 atom stereocenters. The fourth-order valence-electron chi connectivity index (χ4n) is 4.10. The summed E-state index contributed by atoms with van der Waals surface area (Å²) in [6, 6.07) is 12.2. The third-order valence-electron chi connectivity index (χ3n) is 5.77. The minimum absolute atomic E-state index is 0.0302. The molecule has 0 radical (unpaired) electrons. The lowest BCUT2D eigenvalue weighted by molar-refractivity contribution is -0.126. The van der Waals surface area contributed by atoms with Gasteiger partial charge in [-0.15, -0.1) is 0 Å². The molecule has 30 heavy (non-hydrogen) atoms. The second-order valence-electron chi connectivity index (χ2n) is 7.85. The molecule has 1 fully saturated rings. The Bertz CT molecular complexity index is 1050. The van der Waals surface area contributed by atoms with Gasteiger partial charge in [0.2, 0.25) is 0 Å². The number of aryl methyl sites for hydroxylation is 1. The summed E-state index contributed by atoms with van der Waals surface area (Å²) in [7, 11) is -1.45. The van der Waals surface area contributed by atoms with Gasteiger partial charge in [-0.25, -0.2) is 4.21 Å². The molecule has 1 heterocycles. The fourth-order valence-corrected chi connectivity index (χ4v) is 5.12. The van der Waals surface area contributed by atoms with Gasteiger partial charge in [-0.05, 0) is 49.1 Å². The maximum atomic E-state index is 13.1. The molecule has 1 aliphatic carbocycles. The molecule has 2 aromatic rings. The van der Waals surface area contributed by atoms with Crippen molar-refractivity contribution in [1.82, 2.24) is 4.90 Å². The van der Waals surface area contributed by atoms with Crippen LogP contribution in [0.25, 0.3) is 0 Å². The first-order valence-corrected chi connectivity index (χ1v) is 11.3. The van der Waals surface area contributed by atoms with Crippen LogP contribution in [0.5, 0.6) is 0 Å². The number of benzene rings is 2. The molecular weight excluding hydrogens is 400 g/mol. The van der Waals surface area contributed by atoms with Gasteiger partial charge in [0, 0.05) is 37.1 Å². The Kier molecular flexibility index (Phi) is 5.81. The largest absolute Gasteiger partial charge is 0.324 e. The van der Waals surface area contributed by atoms with E-state index in [1.165, 1.54) is 0 Å². The highest BCUT2D eigenvalue weighted by molar-refractivity contribution is 7.86. The van der Waals surface area contributed by atoms with E-state index in [2.05, 4.69) is 4.72 Å². The molecule has 2 unspecified atom stereocenters. The van der Waals surface area contributed by atoms with Crippen LogP contribution in [0, 0.1) is 6.92 Å². The topological polar surface area (TPSA) is 83.6 Å². The van der Waals surface area contributed by atoms with Crippen molar-refractivity contribution in [2.45, 2.75) is 56.5 Å². The SMILES string of the molecule is Cc1ccccc1S(=O)Nc1ccc2c(c1)C(=O)N(C1CCC(=O)CCCC1=O)C2. The molecule has 0 bridgehead atoms. The zero-order valence-corrected chi connectivity index (χ0v) is 17.7. The monoisotopic (exact) mass is 424 g/mol. The van der Waals surface area contributed by atoms with E-state index >= 15 is 0 Å². The van der Waals surface area contributed by atoms with Crippen LogP contribution in [-0.2, 0) is 27.1 Å². The lowest BCUT2D eigenvalue weighted by Gasteiger charge is -2.27. The molecular formula is C23H24N2O4S. The summed E-state index contributed by atoms with van der Waals surface area (Å²) >= 11 is 0. The van der Waals surface area contributed by atoms with E-state index in [0.29, 0.717) is 54.8 Å². The van der Waals surface area contributed by atoms with Crippen molar-refractivity contribution in [3.63, 3.8) is 0 Å². The first-order chi connectivity index (χ1) is 14.4. The summed E-state index contributed by atoms with van der Waals surface area (Å²) in [5.41, 5.74) is 2.87. The van der Waals surface area contributed by atoms with E-state index in [0.717, 1.165) is 11.1 Å². The first-order valence-electron chi connectivity index (χ1n) is 10.2. The number of nitrogens with one attached hydrogen (secondary N) is 1. The Labute approximate surface area is 178 Å². The van der Waals surface area contributed by atoms with Crippen molar-refractivity contribution in [2.75, 3.05) is 4.72 Å². The summed E-state index contributed by atoms with van der Waals surface area (Å²) in [5.74, 6) is -0.0220. The number of amides is 1. The van der Waals surface area contributed by atoms with E-state index in [4.69, 9.17) is 0 Å². The molecule has 1 saturated carbocycles. The highest BCUT2D eigenvalue weighted by atomic mass is 32.2. The fraction of sp³-hybridized carbons (Fsp3) is 0.348. The number of Topliss-reactive ketones (excluding diaryl/α,β-unsaturated/α-hetero) is 2. The van der Waals surface area contributed by atoms with Gasteiger partial charge in [0.25, 0.3) is 5.91 Å². The van der Waals surface area contributed by atoms with Crippen LogP contribution in [0.15, 0.2) is 47.4 Å². The summed E-state index contributed by atoms with van der Waals surface area (Å²) in [6.45, 7) is 2.26. The molecule has 1 aliphatic heterocycles. The van der Waals surface area contributed by atoms with Gasteiger partial charge in [-0.2, -0.15) is 0 Å². The molecule has 7 heteroatoms. The highest BCUT2D eigenvalue weighted by Gasteiger charge is 2.37. The number of carbonyl (C=O) groups excluding carboxylic acids is 3. The zero-order chi connectivity index (χ0) is 21.3. The molecule has 2 aromatic carbocycles. The van der Waals surface area contributed by atoms with Gasteiger partial charge in [0.1, 0.15) is 5.78 Å². The number of carbonyl (C=O) groups is 3. The van der Waals surface area contributed by atoms with Gasteiger partial charge in [-0.3, -0.25) is 14.4 Å². The Balaban J connectivity index is 1.53. The zero-order valence-electron chi connectivity index (χ0n) is 16.8. The van der Waals surface area contributed by atoms with E-state index in [-0.39, 0.29) is 17.5 Å². The summed E-state index contributed by atoms with van der Waals surface area (Å²) in [4.78, 5) is 39.8. The molecule has 4 rings (SSSR count). The number of ketones is 2. The smallest absolute Gasteiger partial charge is 0.255 e. The minimum atomic E-state index is -1.45. The third-order valence-corrected chi connectivity index (χ3v) is 7.05. The lowest BCUT2D eigenvalue weighted by atomic mass is 9.94. The third kappa shape index (κ3) is 4.07. The maximum absolute atomic E-state index is 13.1. The predicted octanol–water partition coefficient (Wildman–Crippen LogP) is 3.56. The van der Waals surface area contributed by atoms with Gasteiger partial charge in [0.15, 0.2) is 16.8 Å². The molecule has 1 N–H and O–H groups in total. The average molecular weight is 425 g/mol. The lowest BCUT2D eigenvalue weighted by Crippen LogP contribution is -2.42. The molecule has 2 aliphatic rings. The molecule has 156 valence electrons. The number of rotatable bonds is 4. The normalized spacial score (nSPS) is 20.5. The second kappa shape index (κ2) is 8.52. The Morgan fingerprint density at radius 1 is 1.03 bits per heavy atom. The van der Waals surface area contributed by atoms with E-state index in [1.54, 1.807) is 23.1 Å². The van der Waals surface area contributed by atoms with Crippen molar-refractivity contribution in [1.29, 1.82) is 0 Å². The first kappa shape index (κ1) is 20.5. The second-order valence-corrected chi connectivity index (χ2v) is 9.04.